The molecule has 0 bridgehead atoms. The Labute approximate surface area is 112 Å². The van der Waals surface area contributed by atoms with E-state index in [1.807, 2.05) is 0 Å². The first-order chi connectivity index (χ1) is 8.83. The number of rotatable bonds is 5. The zero-order valence-corrected chi connectivity index (χ0v) is 12.2. The largest absolute Gasteiger partial charge is 0.377 e. The highest BCUT2D eigenvalue weighted by Crippen LogP contribution is 2.22. The maximum atomic E-state index is 5.94. The standard InChI is InChI=1S/C15H30N2O/c1-3-12-18-15-6-5-9-17(13-15)14-7-10-16(4-2)11-8-14/h14-15H,3-13H2,1-2H3. The van der Waals surface area contributed by atoms with E-state index in [0.717, 1.165) is 19.1 Å². The van der Waals surface area contributed by atoms with Crippen LogP contribution >= 0.6 is 0 Å². The Morgan fingerprint density at radius 1 is 1.06 bits per heavy atom. The Balaban J connectivity index is 1.75. The minimum atomic E-state index is 0.503. The minimum absolute atomic E-state index is 0.503. The Hall–Kier alpha value is -0.120. The highest BCUT2D eigenvalue weighted by Gasteiger charge is 2.28. The van der Waals surface area contributed by atoms with E-state index in [0.29, 0.717) is 6.10 Å². The number of likely N-dealkylation sites (tertiary alicyclic amines) is 2. The van der Waals surface area contributed by atoms with Crippen molar-refractivity contribution < 1.29 is 4.74 Å². The highest BCUT2D eigenvalue weighted by molar-refractivity contribution is 4.83. The number of nitrogens with zero attached hydrogens (tertiary/aromatic N) is 2. The van der Waals surface area contributed by atoms with Gasteiger partial charge in [-0.1, -0.05) is 13.8 Å². The fraction of sp³-hybridized carbons (Fsp3) is 1.00. The molecule has 2 heterocycles. The first-order valence-electron chi connectivity index (χ1n) is 7.91. The van der Waals surface area contributed by atoms with Gasteiger partial charge in [0.05, 0.1) is 6.10 Å². The Kier molecular flexibility index (Phi) is 5.93. The molecule has 0 aromatic heterocycles. The molecule has 1 unspecified atom stereocenters. The summed E-state index contributed by atoms with van der Waals surface area (Å²) in [5, 5.41) is 0. The van der Waals surface area contributed by atoms with Crippen LogP contribution in [0.2, 0.25) is 0 Å². The number of hydrogen-bond acceptors (Lipinski definition) is 3. The summed E-state index contributed by atoms with van der Waals surface area (Å²) in [5.41, 5.74) is 0. The third kappa shape index (κ3) is 3.94. The zero-order valence-electron chi connectivity index (χ0n) is 12.2. The Morgan fingerprint density at radius 3 is 2.50 bits per heavy atom. The van der Waals surface area contributed by atoms with Gasteiger partial charge in [0.1, 0.15) is 0 Å². The molecule has 18 heavy (non-hydrogen) atoms. The van der Waals surface area contributed by atoms with E-state index in [2.05, 4.69) is 23.6 Å². The summed E-state index contributed by atoms with van der Waals surface area (Å²) in [6, 6.07) is 0.820. The molecular formula is C15H30N2O. The molecule has 0 N–H and O–H groups in total. The second-order valence-electron chi connectivity index (χ2n) is 5.80. The zero-order chi connectivity index (χ0) is 12.8. The third-order valence-corrected chi connectivity index (χ3v) is 4.49. The average Bonchev–Trinajstić information content (AvgIpc) is 2.45. The molecule has 2 rings (SSSR count). The first-order valence-corrected chi connectivity index (χ1v) is 7.91. The van der Waals surface area contributed by atoms with Crippen LogP contribution in [0, 0.1) is 0 Å². The Morgan fingerprint density at radius 2 is 1.83 bits per heavy atom. The van der Waals surface area contributed by atoms with Crippen molar-refractivity contribution in [1.29, 1.82) is 0 Å². The number of piperidine rings is 2. The maximum absolute atomic E-state index is 5.94. The van der Waals surface area contributed by atoms with E-state index < -0.39 is 0 Å². The summed E-state index contributed by atoms with van der Waals surface area (Å²) >= 11 is 0. The predicted octanol–water partition coefficient (Wildman–Crippen LogP) is 2.36. The van der Waals surface area contributed by atoms with Crippen molar-refractivity contribution in [2.75, 3.05) is 39.3 Å². The molecule has 3 heteroatoms. The summed E-state index contributed by atoms with van der Waals surface area (Å²) in [7, 11) is 0. The van der Waals surface area contributed by atoms with Gasteiger partial charge in [-0.2, -0.15) is 0 Å². The van der Waals surface area contributed by atoms with E-state index in [4.69, 9.17) is 4.74 Å². The van der Waals surface area contributed by atoms with Crippen molar-refractivity contribution in [1.82, 2.24) is 9.80 Å². The van der Waals surface area contributed by atoms with E-state index in [1.54, 1.807) is 0 Å². The van der Waals surface area contributed by atoms with Crippen LogP contribution in [0.3, 0.4) is 0 Å². The van der Waals surface area contributed by atoms with Crippen LogP contribution < -0.4 is 0 Å². The summed E-state index contributed by atoms with van der Waals surface area (Å²) in [4.78, 5) is 5.28. The second-order valence-corrected chi connectivity index (χ2v) is 5.80. The van der Waals surface area contributed by atoms with Crippen molar-refractivity contribution in [2.24, 2.45) is 0 Å². The van der Waals surface area contributed by atoms with Crippen LogP contribution in [0.4, 0.5) is 0 Å². The monoisotopic (exact) mass is 254 g/mol. The molecule has 1 atom stereocenters. The molecule has 2 saturated heterocycles. The number of ether oxygens (including phenoxy) is 1. The normalized spacial score (nSPS) is 28.7. The Bertz CT molecular complexity index is 227. The quantitative estimate of drug-likeness (QED) is 0.749. The van der Waals surface area contributed by atoms with Gasteiger partial charge in [-0.15, -0.1) is 0 Å². The highest BCUT2D eigenvalue weighted by atomic mass is 16.5. The van der Waals surface area contributed by atoms with Crippen LogP contribution in [0.25, 0.3) is 0 Å². The second kappa shape index (κ2) is 7.46. The third-order valence-electron chi connectivity index (χ3n) is 4.49. The molecule has 2 aliphatic rings. The minimum Gasteiger partial charge on any atom is -0.377 e. The SMILES string of the molecule is CCCOC1CCCN(C2CCN(CC)CC2)C1. The van der Waals surface area contributed by atoms with Crippen LogP contribution in [0.1, 0.15) is 46.0 Å². The molecule has 0 aromatic rings. The lowest BCUT2D eigenvalue weighted by Gasteiger charge is -2.42. The van der Waals surface area contributed by atoms with Gasteiger partial charge in [0.2, 0.25) is 0 Å². The predicted molar refractivity (Wildman–Crippen MR) is 76.0 cm³/mol. The van der Waals surface area contributed by atoms with Crippen molar-refractivity contribution in [3.05, 3.63) is 0 Å². The molecule has 0 spiro atoms. The molecule has 0 aromatic carbocycles. The van der Waals surface area contributed by atoms with Gasteiger partial charge in [-0.05, 0) is 58.3 Å². The molecular weight excluding hydrogens is 224 g/mol. The summed E-state index contributed by atoms with van der Waals surface area (Å²) in [6.07, 6.45) is 6.95. The van der Waals surface area contributed by atoms with E-state index in [9.17, 15) is 0 Å². The molecule has 0 aliphatic carbocycles. The van der Waals surface area contributed by atoms with Crippen molar-refractivity contribution in [3.63, 3.8) is 0 Å². The van der Waals surface area contributed by atoms with Gasteiger partial charge < -0.3 is 9.64 Å². The smallest absolute Gasteiger partial charge is 0.0702 e. The lowest BCUT2D eigenvalue weighted by atomic mass is 9.99. The van der Waals surface area contributed by atoms with Crippen LogP contribution in [0.15, 0.2) is 0 Å². The molecule has 0 amide bonds. The maximum Gasteiger partial charge on any atom is 0.0702 e. The first kappa shape index (κ1) is 14.3. The van der Waals surface area contributed by atoms with Crippen LogP contribution in [0.5, 0.6) is 0 Å². The molecule has 0 saturated carbocycles. The van der Waals surface area contributed by atoms with Gasteiger partial charge in [-0.3, -0.25) is 4.90 Å². The van der Waals surface area contributed by atoms with Gasteiger partial charge in [0.25, 0.3) is 0 Å². The van der Waals surface area contributed by atoms with Crippen molar-refractivity contribution >= 4 is 0 Å². The average molecular weight is 254 g/mol. The van der Waals surface area contributed by atoms with E-state index in [-0.39, 0.29) is 0 Å². The van der Waals surface area contributed by atoms with Crippen molar-refractivity contribution in [2.45, 2.75) is 58.1 Å². The molecule has 2 fully saturated rings. The topological polar surface area (TPSA) is 15.7 Å². The molecule has 3 nitrogen and oxygen atoms in total. The fourth-order valence-corrected chi connectivity index (χ4v) is 3.32. The lowest BCUT2D eigenvalue weighted by Crippen LogP contribution is -2.50. The van der Waals surface area contributed by atoms with E-state index in [1.165, 1.54) is 58.4 Å². The van der Waals surface area contributed by atoms with Crippen molar-refractivity contribution in [3.8, 4) is 0 Å². The van der Waals surface area contributed by atoms with Gasteiger partial charge >= 0.3 is 0 Å². The van der Waals surface area contributed by atoms with Gasteiger partial charge in [-0.25, -0.2) is 0 Å². The summed E-state index contributed by atoms with van der Waals surface area (Å²) < 4.78 is 5.94. The van der Waals surface area contributed by atoms with Gasteiger partial charge in [0.15, 0.2) is 0 Å². The molecule has 106 valence electrons. The number of hydrogen-bond donors (Lipinski definition) is 0. The van der Waals surface area contributed by atoms with Gasteiger partial charge in [0, 0.05) is 19.2 Å². The lowest BCUT2D eigenvalue weighted by molar-refractivity contribution is -0.0211. The molecule has 0 radical (unpaired) electrons. The van der Waals surface area contributed by atoms with Crippen LogP contribution in [-0.2, 0) is 4.74 Å². The summed E-state index contributed by atoms with van der Waals surface area (Å²) in [5.74, 6) is 0. The fourth-order valence-electron chi connectivity index (χ4n) is 3.32. The summed E-state index contributed by atoms with van der Waals surface area (Å²) in [6.45, 7) is 11.7. The van der Waals surface area contributed by atoms with Crippen LogP contribution in [-0.4, -0.2) is 61.3 Å². The molecule has 2 aliphatic heterocycles. The van der Waals surface area contributed by atoms with E-state index >= 15 is 0 Å².